The van der Waals surface area contributed by atoms with Gasteiger partial charge in [0.1, 0.15) is 11.6 Å². The molecule has 0 saturated carbocycles. The van der Waals surface area contributed by atoms with Crippen molar-refractivity contribution >= 4 is 23.6 Å². The van der Waals surface area contributed by atoms with Gasteiger partial charge >= 0.3 is 6.09 Å². The van der Waals surface area contributed by atoms with Crippen molar-refractivity contribution < 1.29 is 24.0 Å². The first kappa shape index (κ1) is 23.5. The summed E-state index contributed by atoms with van der Waals surface area (Å²) < 4.78 is 5.49. The van der Waals surface area contributed by atoms with E-state index < -0.39 is 28.0 Å². The summed E-state index contributed by atoms with van der Waals surface area (Å²) in [6.45, 7) is 8.58. The van der Waals surface area contributed by atoms with Crippen molar-refractivity contribution in [2.45, 2.75) is 64.1 Å². The Morgan fingerprint density at radius 2 is 1.94 bits per heavy atom. The van der Waals surface area contributed by atoms with E-state index in [1.807, 2.05) is 20.8 Å². The van der Waals surface area contributed by atoms with Crippen LogP contribution in [0.15, 0.2) is 24.3 Å². The van der Waals surface area contributed by atoms with Gasteiger partial charge in [0.15, 0.2) is 0 Å². The molecule has 0 unspecified atom stereocenters. The second-order valence-electron chi connectivity index (χ2n) is 9.47. The van der Waals surface area contributed by atoms with Gasteiger partial charge < -0.3 is 19.9 Å². The van der Waals surface area contributed by atoms with E-state index in [0.29, 0.717) is 19.6 Å². The number of likely N-dealkylation sites (tertiary alicyclic amines) is 2. The molecule has 1 N–H and O–H groups in total. The molecule has 0 aliphatic carbocycles. The van der Waals surface area contributed by atoms with E-state index >= 15 is 0 Å². The van der Waals surface area contributed by atoms with Gasteiger partial charge in [0.05, 0.1) is 10.5 Å². The lowest BCUT2D eigenvalue weighted by molar-refractivity contribution is -0.384. The maximum Gasteiger partial charge on any atom is 0.410 e. The minimum Gasteiger partial charge on any atom is -0.444 e. The first-order valence-corrected chi connectivity index (χ1v) is 10.8. The van der Waals surface area contributed by atoms with E-state index in [1.165, 1.54) is 24.3 Å². The number of carbonyl (C=O) groups is 3. The van der Waals surface area contributed by atoms with Crippen LogP contribution in [0.3, 0.4) is 0 Å². The van der Waals surface area contributed by atoms with Crippen LogP contribution in [0.5, 0.6) is 0 Å². The van der Waals surface area contributed by atoms with Gasteiger partial charge in [-0.1, -0.05) is 6.07 Å². The van der Waals surface area contributed by atoms with Crippen molar-refractivity contribution in [2.75, 3.05) is 19.6 Å². The number of nitro groups is 1. The molecule has 2 atom stereocenters. The van der Waals surface area contributed by atoms with Crippen molar-refractivity contribution in [3.8, 4) is 0 Å². The molecule has 1 spiro atoms. The molecular weight excluding hydrogens is 416 g/mol. The van der Waals surface area contributed by atoms with E-state index in [-0.39, 0.29) is 23.3 Å². The molecule has 1 aromatic rings. The van der Waals surface area contributed by atoms with Crippen molar-refractivity contribution in [3.05, 3.63) is 39.9 Å². The first-order chi connectivity index (χ1) is 14.9. The maximum absolute atomic E-state index is 13.1. The molecule has 2 heterocycles. The van der Waals surface area contributed by atoms with Crippen LogP contribution in [0.4, 0.5) is 10.5 Å². The van der Waals surface area contributed by atoms with E-state index in [1.54, 1.807) is 16.7 Å². The predicted molar refractivity (Wildman–Crippen MR) is 116 cm³/mol. The zero-order valence-electron chi connectivity index (χ0n) is 18.9. The van der Waals surface area contributed by atoms with Crippen LogP contribution in [0, 0.1) is 10.1 Å². The molecule has 2 aliphatic heterocycles. The number of hydrogen-bond donors (Lipinski definition) is 1. The minimum absolute atomic E-state index is 0.117. The fourth-order valence-corrected chi connectivity index (χ4v) is 4.24. The number of non-ortho nitro benzene ring substituents is 1. The molecule has 32 heavy (non-hydrogen) atoms. The number of carbonyl (C=O) groups excluding carboxylic acids is 3. The molecule has 0 aromatic heterocycles. The molecule has 0 radical (unpaired) electrons. The number of nitrogens with one attached hydrogen (secondary N) is 1. The van der Waals surface area contributed by atoms with Crippen molar-refractivity contribution in [3.63, 3.8) is 0 Å². The third-order valence-electron chi connectivity index (χ3n) is 5.88. The fourth-order valence-electron chi connectivity index (χ4n) is 4.24. The van der Waals surface area contributed by atoms with E-state index in [2.05, 4.69) is 5.32 Å². The van der Waals surface area contributed by atoms with Crippen molar-refractivity contribution in [2.24, 2.45) is 0 Å². The Kier molecular flexibility index (Phi) is 6.43. The van der Waals surface area contributed by atoms with Crippen LogP contribution >= 0.6 is 0 Å². The monoisotopic (exact) mass is 446 g/mol. The third kappa shape index (κ3) is 5.00. The summed E-state index contributed by atoms with van der Waals surface area (Å²) in [5.41, 5.74) is -1.12. The number of hydrogen-bond acceptors (Lipinski definition) is 6. The third-order valence-corrected chi connectivity index (χ3v) is 5.88. The van der Waals surface area contributed by atoms with Gasteiger partial charge in [-0.15, -0.1) is 0 Å². The lowest BCUT2D eigenvalue weighted by Crippen LogP contribution is -2.71. The summed E-state index contributed by atoms with van der Waals surface area (Å²) in [7, 11) is 0. The summed E-state index contributed by atoms with van der Waals surface area (Å²) in [6.07, 6.45) is 1.94. The van der Waals surface area contributed by atoms with Crippen LogP contribution in [0.2, 0.25) is 0 Å². The number of ether oxygens (including phenoxy) is 1. The largest absolute Gasteiger partial charge is 0.444 e. The van der Waals surface area contributed by atoms with Crippen LogP contribution in [0.25, 0.3) is 0 Å². The highest BCUT2D eigenvalue weighted by Crippen LogP contribution is 2.39. The zero-order valence-corrected chi connectivity index (χ0v) is 18.9. The smallest absolute Gasteiger partial charge is 0.410 e. The SMILES string of the molecule is C[C@@H](NC(=O)c1cccc([N+](=O)[O-])c1)C(=O)N1CC[C@@]12CCCN(C(=O)OC(C)(C)C)C2. The van der Waals surface area contributed by atoms with E-state index in [0.717, 1.165) is 19.3 Å². The Hall–Kier alpha value is -3.17. The van der Waals surface area contributed by atoms with Crippen LogP contribution < -0.4 is 5.32 Å². The van der Waals surface area contributed by atoms with Gasteiger partial charge in [-0.2, -0.15) is 0 Å². The fraction of sp³-hybridized carbons (Fsp3) is 0.591. The molecule has 10 nitrogen and oxygen atoms in total. The summed E-state index contributed by atoms with van der Waals surface area (Å²) in [5.74, 6) is -0.788. The summed E-state index contributed by atoms with van der Waals surface area (Å²) in [5, 5.41) is 13.6. The van der Waals surface area contributed by atoms with Gasteiger partial charge in [0.25, 0.3) is 11.6 Å². The van der Waals surface area contributed by atoms with Crippen molar-refractivity contribution in [1.29, 1.82) is 0 Å². The molecule has 3 amide bonds. The average Bonchev–Trinajstić information content (AvgIpc) is 2.71. The van der Waals surface area contributed by atoms with Crippen LogP contribution in [-0.4, -0.2) is 69.4 Å². The van der Waals surface area contributed by atoms with Crippen LogP contribution in [-0.2, 0) is 9.53 Å². The average molecular weight is 447 g/mol. The Morgan fingerprint density at radius 3 is 2.53 bits per heavy atom. The highest BCUT2D eigenvalue weighted by molar-refractivity contribution is 5.98. The van der Waals surface area contributed by atoms with Gasteiger partial charge in [-0.3, -0.25) is 19.7 Å². The highest BCUT2D eigenvalue weighted by atomic mass is 16.6. The summed E-state index contributed by atoms with van der Waals surface area (Å²) >= 11 is 0. The number of benzene rings is 1. The maximum atomic E-state index is 13.1. The molecular formula is C22H30N4O6. The number of rotatable bonds is 4. The van der Waals surface area contributed by atoms with Crippen molar-refractivity contribution in [1.82, 2.24) is 15.1 Å². The Bertz CT molecular complexity index is 927. The molecule has 2 fully saturated rings. The topological polar surface area (TPSA) is 122 Å². The normalized spacial score (nSPS) is 21.5. The number of amides is 3. The molecule has 3 rings (SSSR count). The zero-order chi connectivity index (χ0) is 23.7. The van der Waals surface area contributed by atoms with Gasteiger partial charge in [0.2, 0.25) is 5.91 Å². The molecule has 2 saturated heterocycles. The van der Waals surface area contributed by atoms with Gasteiger partial charge in [0, 0.05) is 37.3 Å². The van der Waals surface area contributed by atoms with E-state index in [9.17, 15) is 24.5 Å². The lowest BCUT2D eigenvalue weighted by Gasteiger charge is -2.57. The Labute approximate surface area is 187 Å². The van der Waals surface area contributed by atoms with Gasteiger partial charge in [-0.25, -0.2) is 4.79 Å². The Balaban J connectivity index is 1.64. The molecule has 10 heteroatoms. The van der Waals surface area contributed by atoms with Crippen LogP contribution in [0.1, 0.15) is 57.3 Å². The predicted octanol–water partition coefficient (Wildman–Crippen LogP) is 2.72. The minimum atomic E-state index is -0.809. The van der Waals surface area contributed by atoms with Gasteiger partial charge in [-0.05, 0) is 53.0 Å². The molecule has 174 valence electrons. The standard InChI is InChI=1S/C22H30N4O6/c1-15(23-18(27)16-7-5-8-17(13-16)26(30)31)19(28)25-12-10-22(25)9-6-11-24(14-22)20(29)32-21(2,3)4/h5,7-8,13,15H,6,9-12,14H2,1-4H3,(H,23,27)/t15-,22-/m1/s1. The number of nitro benzene ring substituents is 1. The number of nitrogens with zero attached hydrogens (tertiary/aromatic N) is 3. The number of piperidine rings is 1. The lowest BCUT2D eigenvalue weighted by atomic mass is 9.77. The molecule has 0 bridgehead atoms. The summed E-state index contributed by atoms with van der Waals surface area (Å²) in [6, 6.07) is 4.56. The quantitative estimate of drug-likeness (QED) is 0.560. The molecule has 1 aromatic carbocycles. The van der Waals surface area contributed by atoms with E-state index in [4.69, 9.17) is 4.74 Å². The first-order valence-electron chi connectivity index (χ1n) is 10.8. The second kappa shape index (κ2) is 8.76. The highest BCUT2D eigenvalue weighted by Gasteiger charge is 2.51. The summed E-state index contributed by atoms with van der Waals surface area (Å²) in [4.78, 5) is 51.9. The Morgan fingerprint density at radius 1 is 1.22 bits per heavy atom. The second-order valence-corrected chi connectivity index (χ2v) is 9.47. The molecule has 2 aliphatic rings.